The van der Waals surface area contributed by atoms with Crippen LogP contribution in [0.25, 0.3) is 0 Å². The quantitative estimate of drug-likeness (QED) is 0.811. The monoisotopic (exact) mass is 379 g/mol. The topological polar surface area (TPSA) is 60.9 Å². The van der Waals surface area contributed by atoms with E-state index in [1.165, 1.54) is 4.31 Å². The van der Waals surface area contributed by atoms with E-state index in [1.807, 2.05) is 25.7 Å². The van der Waals surface area contributed by atoms with Crippen LogP contribution in [0.2, 0.25) is 0 Å². The number of urea groups is 1. The second-order valence-electron chi connectivity index (χ2n) is 7.63. The standard InChI is InChI=1S/C19H29N3O3S/c1-15(2)18-21(26(24,25)17-10-6-4-7-11-17)14-16(3)22(18)19(23)20-12-8-5-9-13-20/h4,6-7,10-11,15-16,18H,5,8-9,12-14H2,1-3H3. The Labute approximate surface area is 156 Å². The SMILES string of the molecule is CC(C)C1N(C(=O)N2CCCCC2)C(C)CN1S(=O)(=O)c1ccccc1. The molecule has 1 aromatic carbocycles. The molecule has 0 radical (unpaired) electrons. The highest BCUT2D eigenvalue weighted by Gasteiger charge is 2.48. The Morgan fingerprint density at radius 3 is 2.27 bits per heavy atom. The van der Waals surface area contributed by atoms with Crippen LogP contribution in [0.3, 0.4) is 0 Å². The number of sulfonamides is 1. The van der Waals surface area contributed by atoms with Crippen molar-refractivity contribution in [2.24, 2.45) is 5.92 Å². The number of carbonyl (C=O) groups excluding carboxylic acids is 1. The Bertz CT molecular complexity index is 730. The van der Waals surface area contributed by atoms with Crippen LogP contribution in [-0.4, -0.2) is 60.4 Å². The number of nitrogens with zero attached hydrogens (tertiary/aromatic N) is 3. The van der Waals surface area contributed by atoms with Gasteiger partial charge in [0.15, 0.2) is 0 Å². The third-order valence-corrected chi connectivity index (χ3v) is 7.14. The fourth-order valence-corrected chi connectivity index (χ4v) is 5.84. The van der Waals surface area contributed by atoms with Gasteiger partial charge in [-0.15, -0.1) is 0 Å². The first-order valence-corrected chi connectivity index (χ1v) is 10.9. The molecule has 3 rings (SSSR count). The number of piperidine rings is 1. The molecule has 0 saturated carbocycles. The smallest absolute Gasteiger partial charge is 0.321 e. The third-order valence-electron chi connectivity index (χ3n) is 5.29. The number of rotatable bonds is 3. The summed E-state index contributed by atoms with van der Waals surface area (Å²) < 4.78 is 27.9. The van der Waals surface area contributed by atoms with Crippen LogP contribution in [0, 0.1) is 5.92 Å². The van der Waals surface area contributed by atoms with Gasteiger partial charge in [0.1, 0.15) is 6.17 Å². The first kappa shape index (κ1) is 19.2. The predicted molar refractivity (Wildman–Crippen MR) is 101 cm³/mol. The zero-order valence-corrected chi connectivity index (χ0v) is 16.7. The van der Waals surface area contributed by atoms with E-state index in [9.17, 15) is 13.2 Å². The van der Waals surface area contributed by atoms with E-state index in [0.29, 0.717) is 6.54 Å². The molecule has 2 fully saturated rings. The maximum absolute atomic E-state index is 13.2. The number of benzene rings is 1. The van der Waals surface area contributed by atoms with Crippen molar-refractivity contribution in [2.45, 2.75) is 57.1 Å². The number of amides is 2. The Balaban J connectivity index is 1.92. The lowest BCUT2D eigenvalue weighted by Gasteiger charge is -2.38. The van der Waals surface area contributed by atoms with Crippen molar-refractivity contribution in [2.75, 3.05) is 19.6 Å². The van der Waals surface area contributed by atoms with E-state index in [-0.39, 0.29) is 22.9 Å². The molecule has 1 aromatic rings. The minimum absolute atomic E-state index is 0.00665. The highest BCUT2D eigenvalue weighted by atomic mass is 32.2. The van der Waals surface area contributed by atoms with E-state index in [0.717, 1.165) is 32.4 Å². The molecule has 0 aliphatic carbocycles. The summed E-state index contributed by atoms with van der Waals surface area (Å²) >= 11 is 0. The first-order chi connectivity index (χ1) is 12.3. The fourth-order valence-electron chi connectivity index (χ4n) is 4.03. The largest absolute Gasteiger partial charge is 0.325 e. The molecule has 6 nitrogen and oxygen atoms in total. The summed E-state index contributed by atoms with van der Waals surface area (Å²) in [6, 6.07) is 8.33. The zero-order valence-electron chi connectivity index (χ0n) is 15.8. The number of carbonyl (C=O) groups is 1. The summed E-state index contributed by atoms with van der Waals surface area (Å²) in [4.78, 5) is 17.1. The van der Waals surface area contributed by atoms with Gasteiger partial charge >= 0.3 is 6.03 Å². The van der Waals surface area contributed by atoms with Gasteiger partial charge in [-0.2, -0.15) is 4.31 Å². The van der Waals surface area contributed by atoms with E-state index in [1.54, 1.807) is 35.2 Å². The van der Waals surface area contributed by atoms with E-state index < -0.39 is 16.2 Å². The maximum atomic E-state index is 13.2. The summed E-state index contributed by atoms with van der Waals surface area (Å²) in [6.07, 6.45) is 2.74. The molecule has 0 N–H and O–H groups in total. The molecule has 26 heavy (non-hydrogen) atoms. The highest BCUT2D eigenvalue weighted by Crippen LogP contribution is 2.33. The molecule has 144 valence electrons. The molecule has 0 bridgehead atoms. The molecular weight excluding hydrogens is 350 g/mol. The Kier molecular flexibility index (Phi) is 5.58. The molecule has 2 amide bonds. The van der Waals surface area contributed by atoms with Crippen molar-refractivity contribution in [3.63, 3.8) is 0 Å². The van der Waals surface area contributed by atoms with E-state index >= 15 is 0 Å². The van der Waals surface area contributed by atoms with Crippen molar-refractivity contribution in [1.82, 2.24) is 14.1 Å². The fraction of sp³-hybridized carbons (Fsp3) is 0.632. The molecule has 2 atom stereocenters. The number of likely N-dealkylation sites (tertiary alicyclic amines) is 1. The molecule has 2 unspecified atom stereocenters. The Morgan fingerprint density at radius 2 is 1.69 bits per heavy atom. The van der Waals surface area contributed by atoms with Gasteiger partial charge in [0.05, 0.1) is 4.90 Å². The van der Waals surface area contributed by atoms with Crippen molar-refractivity contribution in [3.05, 3.63) is 30.3 Å². The van der Waals surface area contributed by atoms with Crippen LogP contribution in [-0.2, 0) is 10.0 Å². The second kappa shape index (κ2) is 7.56. The predicted octanol–water partition coefficient (Wildman–Crippen LogP) is 2.97. The second-order valence-corrected chi connectivity index (χ2v) is 9.52. The van der Waals surface area contributed by atoms with Crippen molar-refractivity contribution in [3.8, 4) is 0 Å². The normalized spacial score (nSPS) is 25.1. The minimum atomic E-state index is -3.64. The molecule has 0 spiro atoms. The molecule has 2 aliphatic rings. The number of hydrogen-bond acceptors (Lipinski definition) is 3. The van der Waals surface area contributed by atoms with E-state index in [4.69, 9.17) is 0 Å². The first-order valence-electron chi connectivity index (χ1n) is 9.48. The maximum Gasteiger partial charge on any atom is 0.321 e. The molecule has 2 aliphatic heterocycles. The zero-order chi connectivity index (χ0) is 18.9. The van der Waals surface area contributed by atoms with Gasteiger partial charge in [0.2, 0.25) is 10.0 Å². The third kappa shape index (κ3) is 3.47. The molecule has 2 heterocycles. The average Bonchev–Trinajstić information content (AvgIpc) is 3.01. The molecular formula is C19H29N3O3S. The van der Waals surface area contributed by atoms with Crippen LogP contribution in [0.1, 0.15) is 40.0 Å². The van der Waals surface area contributed by atoms with Crippen molar-refractivity contribution >= 4 is 16.1 Å². The number of hydrogen-bond donors (Lipinski definition) is 0. The lowest BCUT2D eigenvalue weighted by atomic mass is 10.1. The minimum Gasteiger partial charge on any atom is -0.325 e. The molecule has 2 saturated heterocycles. The van der Waals surface area contributed by atoms with Crippen LogP contribution < -0.4 is 0 Å². The summed E-state index contributed by atoms with van der Waals surface area (Å²) in [6.45, 7) is 7.76. The summed E-state index contributed by atoms with van der Waals surface area (Å²) in [5.74, 6) is 0.00665. The van der Waals surface area contributed by atoms with Gasteiger partial charge in [-0.3, -0.25) is 0 Å². The summed E-state index contributed by atoms with van der Waals surface area (Å²) in [5, 5.41) is 0. The Morgan fingerprint density at radius 1 is 1.08 bits per heavy atom. The Hall–Kier alpha value is -1.60. The van der Waals surface area contributed by atoms with Crippen molar-refractivity contribution in [1.29, 1.82) is 0 Å². The average molecular weight is 380 g/mol. The molecule has 7 heteroatoms. The lowest BCUT2D eigenvalue weighted by molar-refractivity contribution is 0.0985. The van der Waals surface area contributed by atoms with Gasteiger partial charge in [0.25, 0.3) is 0 Å². The van der Waals surface area contributed by atoms with Gasteiger partial charge in [0, 0.05) is 25.7 Å². The van der Waals surface area contributed by atoms with Gasteiger partial charge < -0.3 is 9.80 Å². The summed E-state index contributed by atoms with van der Waals surface area (Å²) in [5.41, 5.74) is 0. The van der Waals surface area contributed by atoms with Crippen LogP contribution >= 0.6 is 0 Å². The van der Waals surface area contributed by atoms with Crippen LogP contribution in [0.15, 0.2) is 35.2 Å². The molecule has 0 aromatic heterocycles. The summed E-state index contributed by atoms with van der Waals surface area (Å²) in [7, 11) is -3.64. The van der Waals surface area contributed by atoms with Crippen LogP contribution in [0.4, 0.5) is 4.79 Å². The lowest BCUT2D eigenvalue weighted by Crippen LogP contribution is -2.54. The van der Waals surface area contributed by atoms with Gasteiger partial charge in [-0.25, -0.2) is 13.2 Å². The van der Waals surface area contributed by atoms with Gasteiger partial charge in [-0.05, 0) is 44.2 Å². The highest BCUT2D eigenvalue weighted by molar-refractivity contribution is 7.89. The van der Waals surface area contributed by atoms with E-state index in [2.05, 4.69) is 0 Å². The van der Waals surface area contributed by atoms with Crippen LogP contribution in [0.5, 0.6) is 0 Å². The van der Waals surface area contributed by atoms with Gasteiger partial charge in [-0.1, -0.05) is 32.0 Å². The van der Waals surface area contributed by atoms with Crippen molar-refractivity contribution < 1.29 is 13.2 Å².